The maximum Gasteiger partial charge on any atom is 0.246 e. The molecule has 2 aliphatic rings. The van der Waals surface area contributed by atoms with Crippen LogP contribution in [0.2, 0.25) is 0 Å². The molecular formula is C16H20F2N2O3S. The fourth-order valence-electron chi connectivity index (χ4n) is 3.40. The van der Waals surface area contributed by atoms with E-state index in [1.54, 1.807) is 4.90 Å². The molecule has 0 bridgehead atoms. The van der Waals surface area contributed by atoms with Gasteiger partial charge in [-0.1, -0.05) is 12.8 Å². The molecule has 1 amide bonds. The van der Waals surface area contributed by atoms with E-state index in [0.717, 1.165) is 42.1 Å². The molecule has 132 valence electrons. The van der Waals surface area contributed by atoms with Crippen LogP contribution in [0.5, 0.6) is 0 Å². The number of amides is 1. The normalized spacial score (nSPS) is 20.5. The van der Waals surface area contributed by atoms with E-state index in [0.29, 0.717) is 19.2 Å². The lowest BCUT2D eigenvalue weighted by Crippen LogP contribution is -2.51. The number of hydrogen-bond donors (Lipinski definition) is 0. The van der Waals surface area contributed by atoms with Crippen LogP contribution in [-0.4, -0.2) is 49.7 Å². The van der Waals surface area contributed by atoms with Crippen molar-refractivity contribution < 1.29 is 22.0 Å². The van der Waals surface area contributed by atoms with E-state index < -0.39 is 26.6 Å². The number of piperazine rings is 1. The first-order chi connectivity index (χ1) is 11.4. The second-order valence-corrected chi connectivity index (χ2v) is 8.19. The number of carbonyl (C=O) groups excluding carboxylic acids is 1. The van der Waals surface area contributed by atoms with E-state index in [-0.39, 0.29) is 24.9 Å². The second-order valence-electron chi connectivity index (χ2n) is 6.29. The average molecular weight is 358 g/mol. The maximum absolute atomic E-state index is 13.8. The summed E-state index contributed by atoms with van der Waals surface area (Å²) in [7, 11) is -4.02. The number of rotatable bonds is 3. The standard InChI is InChI=1S/C16H20F2N2O3S/c17-13-5-6-15(14(18)11-13)24(22,23)20-9-7-19(8-10-20)16(21)12-3-1-2-4-12/h5-6,11-12H,1-4,7-10H2. The average Bonchev–Trinajstić information content (AvgIpc) is 3.08. The van der Waals surface area contributed by atoms with E-state index in [1.165, 1.54) is 0 Å². The van der Waals surface area contributed by atoms with Crippen molar-refractivity contribution in [3.05, 3.63) is 29.8 Å². The molecule has 1 heterocycles. The van der Waals surface area contributed by atoms with Crippen LogP contribution in [-0.2, 0) is 14.8 Å². The van der Waals surface area contributed by atoms with Gasteiger partial charge in [0.2, 0.25) is 15.9 Å². The van der Waals surface area contributed by atoms with Crippen LogP contribution in [0.1, 0.15) is 25.7 Å². The number of nitrogens with zero attached hydrogens (tertiary/aromatic N) is 2. The monoisotopic (exact) mass is 358 g/mol. The van der Waals surface area contributed by atoms with Crippen molar-refractivity contribution in [2.24, 2.45) is 5.92 Å². The molecule has 8 heteroatoms. The van der Waals surface area contributed by atoms with E-state index in [9.17, 15) is 22.0 Å². The lowest BCUT2D eigenvalue weighted by molar-refractivity contribution is -0.136. The molecule has 0 unspecified atom stereocenters. The first kappa shape index (κ1) is 17.3. The predicted octanol–water partition coefficient (Wildman–Crippen LogP) is 1.99. The molecule has 5 nitrogen and oxygen atoms in total. The molecule has 1 aromatic rings. The Morgan fingerprint density at radius 1 is 1.04 bits per heavy atom. The van der Waals surface area contributed by atoms with E-state index in [2.05, 4.69) is 0 Å². The molecule has 1 aliphatic carbocycles. The first-order valence-electron chi connectivity index (χ1n) is 8.13. The first-order valence-corrected chi connectivity index (χ1v) is 9.57. The van der Waals surface area contributed by atoms with Crippen LogP contribution in [0.4, 0.5) is 8.78 Å². The Kier molecular flexibility index (Phi) is 4.87. The summed E-state index contributed by atoms with van der Waals surface area (Å²) in [6, 6.07) is 2.43. The molecule has 0 radical (unpaired) electrons. The predicted molar refractivity (Wildman–Crippen MR) is 83.7 cm³/mol. The van der Waals surface area contributed by atoms with Crippen molar-refractivity contribution in [2.45, 2.75) is 30.6 Å². The van der Waals surface area contributed by atoms with Crippen molar-refractivity contribution in [2.75, 3.05) is 26.2 Å². The third kappa shape index (κ3) is 3.30. The van der Waals surface area contributed by atoms with Crippen LogP contribution < -0.4 is 0 Å². The van der Waals surface area contributed by atoms with Gasteiger partial charge >= 0.3 is 0 Å². The Labute approximate surface area is 140 Å². The number of benzene rings is 1. The molecule has 0 atom stereocenters. The summed E-state index contributed by atoms with van der Waals surface area (Å²) < 4.78 is 53.0. The van der Waals surface area contributed by atoms with Gasteiger partial charge in [0.25, 0.3) is 0 Å². The van der Waals surface area contributed by atoms with Crippen LogP contribution >= 0.6 is 0 Å². The highest BCUT2D eigenvalue weighted by molar-refractivity contribution is 7.89. The Balaban J connectivity index is 1.68. The van der Waals surface area contributed by atoms with Gasteiger partial charge in [0.05, 0.1) is 0 Å². The van der Waals surface area contributed by atoms with E-state index in [4.69, 9.17) is 0 Å². The molecule has 0 N–H and O–H groups in total. The van der Waals surface area contributed by atoms with Crippen LogP contribution in [0.3, 0.4) is 0 Å². The van der Waals surface area contributed by atoms with Crippen LogP contribution in [0, 0.1) is 17.6 Å². The van der Waals surface area contributed by atoms with Gasteiger partial charge in [-0.15, -0.1) is 0 Å². The lowest BCUT2D eigenvalue weighted by Gasteiger charge is -2.35. The van der Waals surface area contributed by atoms with Crippen molar-refractivity contribution in [1.29, 1.82) is 0 Å². The molecule has 1 saturated heterocycles. The number of sulfonamides is 1. The third-order valence-electron chi connectivity index (χ3n) is 4.77. The Morgan fingerprint density at radius 2 is 1.67 bits per heavy atom. The van der Waals surface area contributed by atoms with Gasteiger partial charge in [-0.25, -0.2) is 17.2 Å². The minimum Gasteiger partial charge on any atom is -0.340 e. The zero-order valence-corrected chi connectivity index (χ0v) is 14.1. The topological polar surface area (TPSA) is 57.7 Å². The number of carbonyl (C=O) groups is 1. The van der Waals surface area contributed by atoms with Crippen LogP contribution in [0.15, 0.2) is 23.1 Å². The Hall–Kier alpha value is -1.54. The molecule has 1 aromatic carbocycles. The molecule has 3 rings (SSSR count). The zero-order valence-electron chi connectivity index (χ0n) is 13.2. The molecule has 2 fully saturated rings. The smallest absolute Gasteiger partial charge is 0.246 e. The number of halogens is 2. The minimum absolute atomic E-state index is 0.0581. The van der Waals surface area contributed by atoms with Gasteiger partial charge in [-0.05, 0) is 25.0 Å². The lowest BCUT2D eigenvalue weighted by atomic mass is 10.1. The van der Waals surface area contributed by atoms with Gasteiger partial charge in [0.15, 0.2) is 0 Å². The quantitative estimate of drug-likeness (QED) is 0.830. The molecule has 1 aliphatic heterocycles. The summed E-state index contributed by atoms with van der Waals surface area (Å²) >= 11 is 0. The molecule has 0 aromatic heterocycles. The fourth-order valence-corrected chi connectivity index (χ4v) is 4.87. The zero-order chi connectivity index (χ0) is 17.3. The molecule has 1 saturated carbocycles. The highest BCUT2D eigenvalue weighted by atomic mass is 32.2. The summed E-state index contributed by atoms with van der Waals surface area (Å²) in [6.07, 6.45) is 3.93. The van der Waals surface area contributed by atoms with Crippen LogP contribution in [0.25, 0.3) is 0 Å². The summed E-state index contributed by atoms with van der Waals surface area (Å²) in [5.41, 5.74) is 0. The molecule has 24 heavy (non-hydrogen) atoms. The van der Waals surface area contributed by atoms with Gasteiger partial charge < -0.3 is 4.90 Å². The van der Waals surface area contributed by atoms with E-state index >= 15 is 0 Å². The summed E-state index contributed by atoms with van der Waals surface area (Å²) in [4.78, 5) is 13.5. The van der Waals surface area contributed by atoms with Gasteiger partial charge in [-0.2, -0.15) is 4.31 Å². The van der Waals surface area contributed by atoms with Crippen molar-refractivity contribution >= 4 is 15.9 Å². The van der Waals surface area contributed by atoms with Crippen molar-refractivity contribution in [3.63, 3.8) is 0 Å². The highest BCUT2D eigenvalue weighted by Crippen LogP contribution is 2.27. The van der Waals surface area contributed by atoms with E-state index in [1.807, 2.05) is 0 Å². The summed E-state index contributed by atoms with van der Waals surface area (Å²) in [5, 5.41) is 0. The van der Waals surface area contributed by atoms with Crippen molar-refractivity contribution in [1.82, 2.24) is 9.21 Å². The van der Waals surface area contributed by atoms with Gasteiger partial charge in [0, 0.05) is 38.2 Å². The SMILES string of the molecule is O=C(C1CCCC1)N1CCN(S(=O)(=O)c2ccc(F)cc2F)CC1. The summed E-state index contributed by atoms with van der Waals surface area (Å²) in [5.74, 6) is -1.77. The minimum atomic E-state index is -4.02. The van der Waals surface area contributed by atoms with Gasteiger partial charge in [0.1, 0.15) is 16.5 Å². The second kappa shape index (κ2) is 6.76. The Morgan fingerprint density at radius 3 is 2.25 bits per heavy atom. The fraction of sp³-hybridized carbons (Fsp3) is 0.562. The maximum atomic E-state index is 13.8. The van der Waals surface area contributed by atoms with Crippen molar-refractivity contribution in [3.8, 4) is 0 Å². The molecule has 0 spiro atoms. The highest BCUT2D eigenvalue weighted by Gasteiger charge is 2.34. The number of hydrogen-bond acceptors (Lipinski definition) is 3. The summed E-state index contributed by atoms with van der Waals surface area (Å²) in [6.45, 7) is 0.851. The van der Waals surface area contributed by atoms with Gasteiger partial charge in [-0.3, -0.25) is 4.79 Å². The molecular weight excluding hydrogens is 338 g/mol. The Bertz CT molecular complexity index is 725. The largest absolute Gasteiger partial charge is 0.340 e. The third-order valence-corrected chi connectivity index (χ3v) is 6.70.